The largest absolute Gasteiger partial charge is 0.546 e. The number of carboxylic acid groups (broad SMARTS) is 1. The van der Waals surface area contributed by atoms with E-state index in [-0.39, 0.29) is 5.82 Å². The van der Waals surface area contributed by atoms with Crippen molar-refractivity contribution in [3.05, 3.63) is 65.5 Å². The third-order valence-electron chi connectivity index (χ3n) is 3.32. The van der Waals surface area contributed by atoms with Crippen LogP contribution in [0.4, 0.5) is 4.39 Å². The highest BCUT2D eigenvalue weighted by molar-refractivity contribution is 7.80. The number of hydrazone groups is 1. The van der Waals surface area contributed by atoms with Gasteiger partial charge in [0.05, 0.1) is 11.7 Å². The molecule has 8 heteroatoms. The first-order chi connectivity index (χ1) is 12.4. The van der Waals surface area contributed by atoms with Crippen LogP contribution in [0, 0.1) is 5.82 Å². The first-order valence-corrected chi connectivity index (χ1v) is 8.10. The fraction of sp³-hybridized carbons (Fsp3) is 0.167. The van der Waals surface area contributed by atoms with Crippen molar-refractivity contribution < 1.29 is 19.0 Å². The van der Waals surface area contributed by atoms with Crippen LogP contribution in [0.1, 0.15) is 18.1 Å². The number of ether oxygens (including phenoxy) is 1. The summed E-state index contributed by atoms with van der Waals surface area (Å²) in [6.45, 7) is 1.75. The van der Waals surface area contributed by atoms with Crippen LogP contribution in [-0.2, 0) is 11.3 Å². The van der Waals surface area contributed by atoms with Gasteiger partial charge in [0.25, 0.3) is 0 Å². The van der Waals surface area contributed by atoms with Crippen molar-refractivity contribution in [2.75, 3.05) is 6.61 Å². The van der Waals surface area contributed by atoms with E-state index in [0.29, 0.717) is 23.1 Å². The lowest BCUT2D eigenvalue weighted by molar-refractivity contribution is -0.307. The minimum absolute atomic E-state index is 0.286. The number of nitrogens with zero attached hydrogens (tertiary/aromatic N) is 1. The summed E-state index contributed by atoms with van der Waals surface area (Å²) in [6.07, 6.45) is 0. The van der Waals surface area contributed by atoms with Crippen molar-refractivity contribution in [1.82, 2.24) is 10.7 Å². The number of thiocarbonyl (C=S) groups is 1. The van der Waals surface area contributed by atoms with Crippen LogP contribution in [0.2, 0.25) is 0 Å². The Balaban J connectivity index is 1.83. The monoisotopic (exact) mass is 374 g/mol. The van der Waals surface area contributed by atoms with Crippen molar-refractivity contribution >= 4 is 29.0 Å². The number of carbonyl (C=O) groups excluding carboxylic acids is 1. The second kappa shape index (κ2) is 9.47. The molecule has 2 N–H and O–H groups in total. The molecule has 26 heavy (non-hydrogen) atoms. The van der Waals surface area contributed by atoms with E-state index in [9.17, 15) is 14.3 Å². The lowest BCUT2D eigenvalue weighted by Gasteiger charge is -2.09. The Morgan fingerprint density at radius 3 is 2.46 bits per heavy atom. The highest BCUT2D eigenvalue weighted by atomic mass is 32.1. The summed E-state index contributed by atoms with van der Waals surface area (Å²) in [5, 5.41) is 17.8. The van der Waals surface area contributed by atoms with Gasteiger partial charge < -0.3 is 20.0 Å². The molecule has 0 aliphatic carbocycles. The Morgan fingerprint density at radius 1 is 1.19 bits per heavy atom. The number of hydrogen-bond acceptors (Lipinski definition) is 5. The Hall–Kier alpha value is -3.00. The maximum atomic E-state index is 12.8. The smallest absolute Gasteiger partial charge is 0.187 e. The highest BCUT2D eigenvalue weighted by Crippen LogP contribution is 2.12. The van der Waals surface area contributed by atoms with E-state index in [0.717, 1.165) is 11.1 Å². The summed E-state index contributed by atoms with van der Waals surface area (Å²) >= 11 is 5.14. The molecule has 2 rings (SSSR count). The fourth-order valence-electron chi connectivity index (χ4n) is 1.96. The molecule has 0 atom stereocenters. The zero-order valence-corrected chi connectivity index (χ0v) is 14.8. The Labute approximate surface area is 155 Å². The number of rotatable bonds is 7. The minimum Gasteiger partial charge on any atom is -0.546 e. The second-order valence-corrected chi connectivity index (χ2v) is 5.71. The van der Waals surface area contributed by atoms with Gasteiger partial charge in [-0.1, -0.05) is 12.1 Å². The van der Waals surface area contributed by atoms with Crippen LogP contribution >= 0.6 is 12.2 Å². The molecule has 0 aliphatic heterocycles. The van der Waals surface area contributed by atoms with Crippen LogP contribution in [-0.4, -0.2) is 23.4 Å². The summed E-state index contributed by atoms with van der Waals surface area (Å²) in [5.74, 6) is -1.14. The number of halogens is 1. The molecule has 6 nitrogen and oxygen atoms in total. The molecule has 0 amide bonds. The van der Waals surface area contributed by atoms with Gasteiger partial charge in [-0.25, -0.2) is 4.39 Å². The highest BCUT2D eigenvalue weighted by Gasteiger charge is 2.01. The molecule has 0 fully saturated rings. The summed E-state index contributed by atoms with van der Waals surface area (Å²) in [4.78, 5) is 10.4. The molecule has 2 aromatic rings. The molecule has 0 bridgehead atoms. The molecule has 0 saturated carbocycles. The van der Waals surface area contributed by atoms with E-state index in [2.05, 4.69) is 15.8 Å². The van der Waals surface area contributed by atoms with Crippen LogP contribution in [0.25, 0.3) is 0 Å². The van der Waals surface area contributed by atoms with Gasteiger partial charge >= 0.3 is 0 Å². The third kappa shape index (κ3) is 6.48. The number of benzene rings is 2. The quantitative estimate of drug-likeness (QED) is 0.432. The van der Waals surface area contributed by atoms with Gasteiger partial charge in [-0.2, -0.15) is 5.10 Å². The van der Waals surface area contributed by atoms with Crippen molar-refractivity contribution in [2.24, 2.45) is 5.10 Å². The number of nitrogens with one attached hydrogen (secondary N) is 2. The Kier molecular flexibility index (Phi) is 7.04. The van der Waals surface area contributed by atoms with Gasteiger partial charge in [0, 0.05) is 6.54 Å². The summed E-state index contributed by atoms with van der Waals surface area (Å²) in [6, 6.07) is 12.9. The number of carbonyl (C=O) groups is 1. The van der Waals surface area contributed by atoms with Gasteiger partial charge in [0.2, 0.25) is 0 Å². The molecule has 2 aromatic carbocycles. The molecule has 136 valence electrons. The van der Waals surface area contributed by atoms with E-state index >= 15 is 0 Å². The lowest BCUT2D eigenvalue weighted by atomic mass is 10.1. The molecule has 0 spiro atoms. The molecule has 0 aliphatic rings. The Bertz CT molecular complexity index is 792. The van der Waals surface area contributed by atoms with Gasteiger partial charge in [-0.3, -0.25) is 5.43 Å². The number of carboxylic acids is 1. The van der Waals surface area contributed by atoms with E-state index in [4.69, 9.17) is 17.0 Å². The molecule has 0 radical (unpaired) electrons. The van der Waals surface area contributed by atoms with E-state index in [1.165, 1.54) is 12.1 Å². The minimum atomic E-state index is -1.28. The van der Waals surface area contributed by atoms with E-state index in [1.807, 2.05) is 0 Å². The number of aliphatic carboxylic acids is 1. The third-order valence-corrected chi connectivity index (χ3v) is 3.56. The standard InChI is InChI=1S/C18H18FN3O3S/c1-12(14-4-8-16(9-5-14)25-11-17(23)24)21-22-18(26)20-10-13-2-6-15(19)7-3-13/h2-9H,10-11H2,1H3,(H,23,24)(H2,20,22,26)/p-1/b21-12-. The average molecular weight is 374 g/mol. The molecular formula is C18H17FN3O3S-. The van der Waals surface area contributed by atoms with Crippen LogP contribution in [0.3, 0.4) is 0 Å². The molecule has 0 aromatic heterocycles. The average Bonchev–Trinajstić information content (AvgIpc) is 2.64. The van der Waals surface area contributed by atoms with Gasteiger partial charge in [-0.15, -0.1) is 0 Å². The zero-order chi connectivity index (χ0) is 18.9. The van der Waals surface area contributed by atoms with Gasteiger partial charge in [0.1, 0.15) is 18.2 Å². The first kappa shape index (κ1) is 19.3. The maximum absolute atomic E-state index is 12.8. The first-order valence-electron chi connectivity index (χ1n) is 7.69. The van der Waals surface area contributed by atoms with Crippen LogP contribution in [0.15, 0.2) is 53.6 Å². The second-order valence-electron chi connectivity index (χ2n) is 5.30. The molecular weight excluding hydrogens is 357 g/mol. The number of hydrogen-bond donors (Lipinski definition) is 2. The Morgan fingerprint density at radius 2 is 1.85 bits per heavy atom. The van der Waals surface area contributed by atoms with Crippen molar-refractivity contribution in [3.63, 3.8) is 0 Å². The summed E-state index contributed by atoms with van der Waals surface area (Å²) < 4.78 is 17.9. The predicted molar refractivity (Wildman–Crippen MR) is 98.1 cm³/mol. The van der Waals surface area contributed by atoms with E-state index in [1.54, 1.807) is 43.3 Å². The normalized spacial score (nSPS) is 10.9. The maximum Gasteiger partial charge on any atom is 0.187 e. The van der Waals surface area contributed by atoms with Crippen molar-refractivity contribution in [3.8, 4) is 5.75 Å². The zero-order valence-electron chi connectivity index (χ0n) is 14.0. The van der Waals surface area contributed by atoms with Gasteiger partial charge in [0.15, 0.2) is 5.11 Å². The molecule has 0 saturated heterocycles. The summed E-state index contributed by atoms with van der Waals surface area (Å²) in [7, 11) is 0. The summed E-state index contributed by atoms with van der Waals surface area (Å²) in [5.41, 5.74) is 5.13. The molecule has 0 unspecified atom stereocenters. The van der Waals surface area contributed by atoms with Crippen molar-refractivity contribution in [2.45, 2.75) is 13.5 Å². The fourth-order valence-corrected chi connectivity index (χ4v) is 2.08. The predicted octanol–water partition coefficient (Wildman–Crippen LogP) is 1.34. The molecule has 0 heterocycles. The lowest BCUT2D eigenvalue weighted by Crippen LogP contribution is -2.32. The van der Waals surface area contributed by atoms with Crippen molar-refractivity contribution in [1.29, 1.82) is 0 Å². The van der Waals surface area contributed by atoms with Crippen LogP contribution in [0.5, 0.6) is 5.75 Å². The SMILES string of the molecule is C/C(=N/NC(=S)NCc1ccc(F)cc1)c1ccc(OCC(=O)[O-])cc1. The van der Waals surface area contributed by atoms with Gasteiger partial charge in [-0.05, 0) is 66.7 Å². The van der Waals surface area contributed by atoms with E-state index < -0.39 is 12.6 Å². The topological polar surface area (TPSA) is 85.8 Å². The van der Waals surface area contributed by atoms with Crippen LogP contribution < -0.4 is 20.6 Å².